The molecule has 10 heteroatoms. The summed E-state index contributed by atoms with van der Waals surface area (Å²) in [6.45, 7) is 1.38. The van der Waals surface area contributed by atoms with Crippen LogP contribution in [0.1, 0.15) is 5.56 Å². The molecule has 0 atom stereocenters. The highest BCUT2D eigenvalue weighted by Crippen LogP contribution is 2.25. The van der Waals surface area contributed by atoms with Crippen LogP contribution in [0.2, 0.25) is 0 Å². The van der Waals surface area contributed by atoms with Gasteiger partial charge in [0.05, 0.1) is 5.69 Å². The van der Waals surface area contributed by atoms with E-state index in [9.17, 15) is 24.0 Å². The summed E-state index contributed by atoms with van der Waals surface area (Å²) in [5, 5.41) is 12.5. The fourth-order valence-corrected chi connectivity index (χ4v) is 3.03. The monoisotopic (exact) mass is 458 g/mol. The molecule has 0 spiro atoms. The number of hydrogen-bond donors (Lipinski definition) is 3. The van der Waals surface area contributed by atoms with Crippen molar-refractivity contribution < 1.29 is 9.60 Å². The number of nitrogens with zero attached hydrogens (tertiary/aromatic N) is 2. The molecule has 0 amide bonds. The molecule has 3 aromatic rings. The van der Waals surface area contributed by atoms with Crippen LogP contribution in [-0.2, 0) is 7.05 Å². The van der Waals surface area contributed by atoms with E-state index in [1.807, 2.05) is 27.6 Å². The molecular weight excluding hydrogens is 446 g/mol. The van der Waals surface area contributed by atoms with Crippen LogP contribution in [0.15, 0.2) is 32.6 Å². The zero-order valence-electron chi connectivity index (χ0n) is 13.1. The number of H-pyrrole nitrogens is 1. The Hall–Kier alpha value is -2.63. The van der Waals surface area contributed by atoms with E-state index < -0.39 is 22.6 Å². The number of pyridine rings is 1. The van der Waals surface area contributed by atoms with Crippen LogP contribution >= 0.6 is 22.6 Å². The number of halogens is 2. The van der Waals surface area contributed by atoms with Crippen molar-refractivity contribution >= 4 is 45.0 Å². The molecule has 2 aromatic heterocycles. The van der Waals surface area contributed by atoms with Crippen LogP contribution in [-0.4, -0.2) is 19.5 Å². The van der Waals surface area contributed by atoms with Gasteiger partial charge in [-0.05, 0) is 47.7 Å². The normalized spacial score (nSPS) is 11.0. The van der Waals surface area contributed by atoms with Crippen molar-refractivity contribution in [3.05, 3.63) is 64.3 Å². The van der Waals surface area contributed by atoms with Gasteiger partial charge in [0.15, 0.2) is 0 Å². The van der Waals surface area contributed by atoms with Crippen LogP contribution in [0.5, 0.6) is 0 Å². The first kappa shape index (κ1) is 17.2. The number of fused-ring (bicyclic) bond motifs is 1. The van der Waals surface area contributed by atoms with Gasteiger partial charge in [0.1, 0.15) is 22.5 Å². The van der Waals surface area contributed by atoms with Gasteiger partial charge in [-0.25, -0.2) is 9.18 Å². The number of rotatable bonds is 2. The van der Waals surface area contributed by atoms with Crippen LogP contribution < -0.4 is 22.1 Å². The number of benzene rings is 1. The zero-order valence-corrected chi connectivity index (χ0v) is 15.2. The summed E-state index contributed by atoms with van der Waals surface area (Å²) in [5.74, 6) is -0.628. The van der Waals surface area contributed by atoms with Crippen LogP contribution in [0, 0.1) is 16.3 Å². The molecule has 0 aliphatic carbocycles. The average molecular weight is 458 g/mol. The molecule has 1 aromatic carbocycles. The van der Waals surface area contributed by atoms with Crippen molar-refractivity contribution in [1.82, 2.24) is 14.3 Å². The summed E-state index contributed by atoms with van der Waals surface area (Å²) in [7, 11) is 1.40. The number of nitrogens with one attached hydrogen (secondary N) is 2. The van der Waals surface area contributed by atoms with Crippen molar-refractivity contribution in [3.63, 3.8) is 0 Å². The fraction of sp³-hybridized carbons (Fsp3) is 0.133. The average Bonchev–Trinajstić information content (AvgIpc) is 2.55. The third-order valence-electron chi connectivity index (χ3n) is 3.83. The van der Waals surface area contributed by atoms with Crippen molar-refractivity contribution in [1.29, 1.82) is 0 Å². The van der Waals surface area contributed by atoms with Crippen molar-refractivity contribution in [2.45, 2.75) is 6.92 Å². The van der Waals surface area contributed by atoms with E-state index in [1.165, 1.54) is 26.1 Å². The van der Waals surface area contributed by atoms with E-state index in [2.05, 4.69) is 5.32 Å². The minimum Gasteiger partial charge on any atom is -0.424 e. The molecule has 130 valence electrons. The summed E-state index contributed by atoms with van der Waals surface area (Å²) in [4.78, 5) is 38.3. The lowest BCUT2D eigenvalue weighted by molar-refractivity contribution is 0.183. The highest BCUT2D eigenvalue weighted by molar-refractivity contribution is 14.1. The highest BCUT2D eigenvalue weighted by atomic mass is 127. The molecule has 0 bridgehead atoms. The summed E-state index contributed by atoms with van der Waals surface area (Å²) < 4.78 is 16.1. The third kappa shape index (κ3) is 2.71. The van der Waals surface area contributed by atoms with Gasteiger partial charge in [-0.2, -0.15) is 0 Å². The van der Waals surface area contributed by atoms with Crippen LogP contribution in [0.25, 0.3) is 10.9 Å². The maximum Gasteiger partial charge on any atom is 0.361 e. The van der Waals surface area contributed by atoms with Gasteiger partial charge in [-0.3, -0.25) is 19.1 Å². The van der Waals surface area contributed by atoms with E-state index in [0.717, 1.165) is 4.57 Å². The minimum atomic E-state index is -1.07. The molecule has 0 aliphatic rings. The fourth-order valence-electron chi connectivity index (χ4n) is 2.58. The number of hydrogen-bond acceptors (Lipinski definition) is 5. The predicted octanol–water partition coefficient (Wildman–Crippen LogP) is 1.42. The van der Waals surface area contributed by atoms with E-state index in [4.69, 9.17) is 0 Å². The lowest BCUT2D eigenvalue weighted by Gasteiger charge is -2.16. The molecule has 3 rings (SSSR count). The number of aromatic nitrogens is 3. The summed E-state index contributed by atoms with van der Waals surface area (Å²) >= 11 is 1.95. The Morgan fingerprint density at radius 2 is 1.96 bits per heavy atom. The quantitative estimate of drug-likeness (QED) is 0.398. The Kier molecular flexibility index (Phi) is 4.14. The molecule has 25 heavy (non-hydrogen) atoms. The zero-order chi connectivity index (χ0) is 18.5. The SMILES string of the molecule is Cc1c(=O)n(C)c(Nc2ccc(I)cc2F)c2c(=O)[nH]c(=O)n(O)c12. The Bertz CT molecular complexity index is 1200. The lowest BCUT2D eigenvalue weighted by atomic mass is 10.2. The second kappa shape index (κ2) is 6.02. The molecule has 0 saturated heterocycles. The smallest absolute Gasteiger partial charge is 0.361 e. The van der Waals surface area contributed by atoms with Gasteiger partial charge in [0, 0.05) is 16.2 Å². The van der Waals surface area contributed by atoms with Crippen LogP contribution in [0.4, 0.5) is 15.9 Å². The summed E-state index contributed by atoms with van der Waals surface area (Å²) in [6.07, 6.45) is 0. The number of aromatic amines is 1. The van der Waals surface area contributed by atoms with Gasteiger partial charge >= 0.3 is 5.69 Å². The first-order valence-electron chi connectivity index (χ1n) is 7.02. The van der Waals surface area contributed by atoms with Gasteiger partial charge in [0.2, 0.25) is 0 Å². The van der Waals surface area contributed by atoms with Gasteiger partial charge in [-0.15, -0.1) is 4.73 Å². The molecular formula is C15H12FIN4O4. The number of aryl methyl sites for hydroxylation is 1. The largest absolute Gasteiger partial charge is 0.424 e. The summed E-state index contributed by atoms with van der Waals surface area (Å²) in [6, 6.07) is 4.38. The second-order valence-corrected chi connectivity index (χ2v) is 6.63. The van der Waals surface area contributed by atoms with E-state index in [-0.39, 0.29) is 32.7 Å². The summed E-state index contributed by atoms with van der Waals surface area (Å²) in [5.41, 5.74) is -2.61. The molecule has 2 heterocycles. The molecule has 3 N–H and O–H groups in total. The molecule has 0 unspecified atom stereocenters. The Labute approximate surface area is 152 Å². The first-order valence-corrected chi connectivity index (χ1v) is 8.10. The van der Waals surface area contributed by atoms with Crippen molar-refractivity contribution in [3.8, 4) is 0 Å². The Morgan fingerprint density at radius 1 is 1.28 bits per heavy atom. The van der Waals surface area contributed by atoms with E-state index in [0.29, 0.717) is 3.57 Å². The highest BCUT2D eigenvalue weighted by Gasteiger charge is 2.20. The van der Waals surface area contributed by atoms with E-state index >= 15 is 0 Å². The van der Waals surface area contributed by atoms with Crippen molar-refractivity contribution in [2.75, 3.05) is 5.32 Å². The van der Waals surface area contributed by atoms with Gasteiger partial charge in [0.25, 0.3) is 11.1 Å². The number of anilines is 2. The third-order valence-corrected chi connectivity index (χ3v) is 4.50. The first-order chi connectivity index (χ1) is 11.7. The molecule has 0 saturated carbocycles. The molecule has 0 fully saturated rings. The molecule has 0 aliphatic heterocycles. The lowest BCUT2D eigenvalue weighted by Crippen LogP contribution is -2.34. The predicted molar refractivity (Wildman–Crippen MR) is 98.4 cm³/mol. The van der Waals surface area contributed by atoms with Crippen molar-refractivity contribution in [2.24, 2.45) is 7.05 Å². The maximum atomic E-state index is 14.1. The van der Waals surface area contributed by atoms with Crippen LogP contribution in [0.3, 0.4) is 0 Å². The standard InChI is InChI=1S/C15H12FIN4O4/c1-6-11-10(13(22)19-15(24)21(11)25)12(20(2)14(6)23)18-9-4-3-7(17)5-8(9)16/h3-5,18,25H,1-2H3,(H,19,22,24). The Balaban J connectivity index is 2.43. The molecule has 8 nitrogen and oxygen atoms in total. The molecule has 0 radical (unpaired) electrons. The van der Waals surface area contributed by atoms with E-state index in [1.54, 1.807) is 6.07 Å². The minimum absolute atomic E-state index is 0.0110. The Morgan fingerprint density at radius 3 is 2.60 bits per heavy atom. The maximum absolute atomic E-state index is 14.1. The topological polar surface area (TPSA) is 109 Å². The second-order valence-electron chi connectivity index (χ2n) is 5.38. The van der Waals surface area contributed by atoms with Gasteiger partial charge < -0.3 is 10.5 Å². The van der Waals surface area contributed by atoms with Gasteiger partial charge in [-0.1, -0.05) is 0 Å².